The van der Waals surface area contributed by atoms with Crippen molar-refractivity contribution in [1.29, 1.82) is 0 Å². The minimum atomic E-state index is -0.697. The molecule has 10 rings (SSSR count). The number of benzene rings is 9. The van der Waals surface area contributed by atoms with Crippen LogP contribution in [0.25, 0.3) is 98.4 Å². The molecular weight excluding hydrogens is 569 g/mol. The lowest BCUT2D eigenvalue weighted by Crippen LogP contribution is -1.91. The van der Waals surface area contributed by atoms with Crippen molar-refractivity contribution in [1.82, 2.24) is 0 Å². The molecule has 1 nitrogen and oxygen atoms in total. The molecule has 0 radical (unpaired) electrons. The quantitative estimate of drug-likeness (QED) is 0.180. The van der Waals surface area contributed by atoms with Crippen molar-refractivity contribution in [2.24, 2.45) is 0 Å². The molecule has 0 spiro atoms. The Morgan fingerprint density at radius 2 is 1.11 bits per heavy atom. The van der Waals surface area contributed by atoms with Crippen molar-refractivity contribution in [3.8, 4) is 33.4 Å². The van der Waals surface area contributed by atoms with Gasteiger partial charge in [-0.05, 0) is 107 Å². The van der Waals surface area contributed by atoms with E-state index in [1.165, 1.54) is 0 Å². The highest BCUT2D eigenvalue weighted by atomic mass is 16.3. The zero-order chi connectivity index (χ0) is 46.6. The van der Waals surface area contributed by atoms with E-state index in [2.05, 4.69) is 0 Å². The highest BCUT2D eigenvalue weighted by Crippen LogP contribution is 2.46. The number of hydrogen-bond acceptors (Lipinski definition) is 1. The molecule has 0 aliphatic rings. The van der Waals surface area contributed by atoms with Crippen LogP contribution in [-0.4, -0.2) is 0 Å². The van der Waals surface area contributed by atoms with E-state index in [9.17, 15) is 12.3 Å². The van der Waals surface area contributed by atoms with Crippen LogP contribution in [0, 0.1) is 0 Å². The third-order valence-electron chi connectivity index (χ3n) is 8.47. The molecule has 0 bridgehead atoms. The molecule has 0 aliphatic carbocycles. The van der Waals surface area contributed by atoms with Gasteiger partial charge < -0.3 is 4.42 Å². The zero-order valence-corrected chi connectivity index (χ0v) is 24.2. The molecule has 0 saturated heterocycles. The van der Waals surface area contributed by atoms with Gasteiger partial charge in [-0.1, -0.05) is 139 Å². The predicted octanol–water partition coefficient (Wildman–Crippen LogP) is 13.2. The number of rotatable bonds is 3. The molecule has 10 aromatic rings. The van der Waals surface area contributed by atoms with Gasteiger partial charge in [0.15, 0.2) is 0 Å². The summed E-state index contributed by atoms with van der Waals surface area (Å²) in [7, 11) is 0. The van der Waals surface area contributed by atoms with E-state index in [1.54, 1.807) is 12.1 Å². The van der Waals surface area contributed by atoms with Crippen molar-refractivity contribution in [2.75, 3.05) is 0 Å². The Kier molecular flexibility index (Phi) is 3.04. The van der Waals surface area contributed by atoms with Gasteiger partial charge in [0.05, 0.1) is 24.7 Å². The monoisotopic (exact) mass is 614 g/mol. The van der Waals surface area contributed by atoms with Gasteiger partial charge in [-0.15, -0.1) is 0 Å². The summed E-state index contributed by atoms with van der Waals surface area (Å²) in [4.78, 5) is 0. The highest BCUT2D eigenvalue weighted by Gasteiger charge is 2.19. The van der Waals surface area contributed by atoms with E-state index in [4.69, 9.17) is 16.8 Å². The molecular formula is C46H28O. The summed E-state index contributed by atoms with van der Waals surface area (Å²) >= 11 is 0. The molecule has 9 aromatic carbocycles. The summed E-state index contributed by atoms with van der Waals surface area (Å²) in [6, 6.07) is 5.90. The van der Waals surface area contributed by atoms with Crippen molar-refractivity contribution >= 4 is 65.0 Å². The van der Waals surface area contributed by atoms with E-state index in [0.29, 0.717) is 5.56 Å². The molecule has 218 valence electrons. The molecule has 0 amide bonds. The lowest BCUT2D eigenvalue weighted by Gasteiger charge is -2.18. The van der Waals surface area contributed by atoms with Crippen LogP contribution in [0.2, 0.25) is 0 Å². The lowest BCUT2D eigenvalue weighted by molar-refractivity contribution is 0.669. The average molecular weight is 615 g/mol. The maximum absolute atomic E-state index is 9.83. The third-order valence-corrected chi connectivity index (χ3v) is 8.47. The van der Waals surface area contributed by atoms with Crippen LogP contribution in [0.5, 0.6) is 0 Å². The average Bonchev–Trinajstić information content (AvgIpc) is 3.69. The van der Waals surface area contributed by atoms with Gasteiger partial charge in [-0.25, -0.2) is 0 Å². The van der Waals surface area contributed by atoms with E-state index in [-0.39, 0.29) is 88.6 Å². The second-order valence-corrected chi connectivity index (χ2v) is 11.1. The van der Waals surface area contributed by atoms with E-state index >= 15 is 0 Å². The standard InChI is InChI=1S/C46H28O/c1-2-12-31-26-32(21-20-29(31)10-1)33-22-24-36-42-27-34(23-25-43(42)47-44(36)28-33)45-38-15-5-7-17-40(38)46(41-18-8-6-16-39(41)45)37-19-9-13-30-11-3-4-14-35(30)37/h1-28H/i3D,4D,5D,6D,7D,8D,9D,11D,13D,15D,16D,19D,22D,23D,24D,25D,27D,28D. The van der Waals surface area contributed by atoms with Crippen molar-refractivity contribution in [3.05, 3.63) is 169 Å². The maximum atomic E-state index is 9.83. The fourth-order valence-electron chi connectivity index (χ4n) is 6.34. The lowest BCUT2D eigenvalue weighted by atomic mass is 9.84. The van der Waals surface area contributed by atoms with Crippen molar-refractivity contribution < 1.29 is 29.1 Å². The number of furan rings is 1. The fourth-order valence-corrected chi connectivity index (χ4v) is 6.34. The number of fused-ring (bicyclic) bond motifs is 7. The summed E-state index contributed by atoms with van der Waals surface area (Å²) in [5.41, 5.74) is -1.26. The van der Waals surface area contributed by atoms with Gasteiger partial charge in [0, 0.05) is 10.8 Å². The van der Waals surface area contributed by atoms with Crippen LogP contribution in [0.3, 0.4) is 0 Å². The molecule has 1 heterocycles. The van der Waals surface area contributed by atoms with Gasteiger partial charge in [0.2, 0.25) is 0 Å². The topological polar surface area (TPSA) is 13.1 Å². The van der Waals surface area contributed by atoms with E-state index in [0.717, 1.165) is 29.0 Å². The first kappa shape index (κ1) is 14.1. The Morgan fingerprint density at radius 3 is 1.94 bits per heavy atom. The molecule has 0 unspecified atom stereocenters. The molecule has 47 heavy (non-hydrogen) atoms. The molecule has 1 heteroatoms. The Hall–Kier alpha value is -6.18. The van der Waals surface area contributed by atoms with Crippen molar-refractivity contribution in [2.45, 2.75) is 0 Å². The second-order valence-electron chi connectivity index (χ2n) is 11.1. The Labute approximate surface area is 297 Å². The molecule has 0 N–H and O–H groups in total. The van der Waals surface area contributed by atoms with Crippen molar-refractivity contribution in [3.63, 3.8) is 0 Å². The predicted molar refractivity (Wildman–Crippen MR) is 200 cm³/mol. The van der Waals surface area contributed by atoms with Crippen LogP contribution in [-0.2, 0) is 0 Å². The smallest absolute Gasteiger partial charge is 0.136 e. The summed E-state index contributed by atoms with van der Waals surface area (Å²) in [5, 5.41) is -0.00343. The Bertz CT molecular complexity index is 3790. The van der Waals surface area contributed by atoms with Crippen LogP contribution in [0.4, 0.5) is 0 Å². The van der Waals surface area contributed by atoms with E-state index in [1.807, 2.05) is 30.3 Å². The SMILES string of the molecule is [2H]c1cc2c(-c3c4cc([2H])c([2H])c([2H])c4c(-c4c([2H])c([2H])c5oc6c([2H])c(-c7ccc8ccccc8c7)c([2H])c([2H])c6c5c4[2H])c4c([2H])c([2H])c([2H])cc34)c([2H])c([2H])c([2H])c2c([2H])c1[2H]. The van der Waals surface area contributed by atoms with Gasteiger partial charge >= 0.3 is 0 Å². The van der Waals surface area contributed by atoms with Gasteiger partial charge in [-0.3, -0.25) is 0 Å². The first-order chi connectivity index (χ1) is 30.8. The van der Waals surface area contributed by atoms with Gasteiger partial charge in [0.1, 0.15) is 11.2 Å². The molecule has 0 saturated carbocycles. The molecule has 0 atom stereocenters. The van der Waals surface area contributed by atoms with Crippen LogP contribution in [0.1, 0.15) is 24.7 Å². The van der Waals surface area contributed by atoms with Crippen LogP contribution >= 0.6 is 0 Å². The van der Waals surface area contributed by atoms with E-state index < -0.39 is 102 Å². The number of hydrogen-bond donors (Lipinski definition) is 0. The van der Waals surface area contributed by atoms with Crippen LogP contribution in [0.15, 0.2) is 174 Å². The molecule has 1 aromatic heterocycles. The maximum Gasteiger partial charge on any atom is 0.136 e. The Balaban J connectivity index is 1.41. The highest BCUT2D eigenvalue weighted by molar-refractivity contribution is 6.24. The Morgan fingerprint density at radius 1 is 0.383 bits per heavy atom. The minimum Gasteiger partial charge on any atom is -0.456 e. The third kappa shape index (κ3) is 4.03. The largest absolute Gasteiger partial charge is 0.456 e. The fraction of sp³-hybridized carbons (Fsp3) is 0. The molecule has 0 fully saturated rings. The van der Waals surface area contributed by atoms with Crippen LogP contribution < -0.4 is 0 Å². The summed E-state index contributed by atoms with van der Waals surface area (Å²) < 4.78 is 169. The van der Waals surface area contributed by atoms with Gasteiger partial charge in [0.25, 0.3) is 0 Å². The zero-order valence-electron chi connectivity index (χ0n) is 42.2. The first-order valence-electron chi connectivity index (χ1n) is 23.7. The molecule has 0 aliphatic heterocycles. The summed E-state index contributed by atoms with van der Waals surface area (Å²) in [6.45, 7) is 0. The first-order valence-corrected chi connectivity index (χ1v) is 14.7. The second kappa shape index (κ2) is 10.2. The summed E-state index contributed by atoms with van der Waals surface area (Å²) in [5.74, 6) is 0. The minimum absolute atomic E-state index is 0.0508. The normalized spacial score (nSPS) is 17.2. The summed E-state index contributed by atoms with van der Waals surface area (Å²) in [6.07, 6.45) is 0. The van der Waals surface area contributed by atoms with Gasteiger partial charge in [-0.2, -0.15) is 0 Å².